The number of sulfonamides is 1. The SMILES string of the molecule is COc1ccccc1CNC(=O)C(c1ccccc1)N(Cc1ccccc1)C(=O)CN(C)S(C)(=O)=O. The van der Waals surface area contributed by atoms with Crippen LogP contribution in [-0.4, -0.2) is 56.4 Å². The Bertz CT molecular complexity index is 1270. The summed E-state index contributed by atoms with van der Waals surface area (Å²) < 4.78 is 30.4. The quantitative estimate of drug-likeness (QED) is 0.429. The Hall–Kier alpha value is -3.69. The Morgan fingerprint density at radius 3 is 2.11 bits per heavy atom. The van der Waals surface area contributed by atoms with E-state index in [1.165, 1.54) is 11.9 Å². The number of methoxy groups -OCH3 is 1. The van der Waals surface area contributed by atoms with E-state index in [0.717, 1.165) is 21.7 Å². The van der Waals surface area contributed by atoms with E-state index in [9.17, 15) is 18.0 Å². The van der Waals surface area contributed by atoms with Crippen LogP contribution in [0.2, 0.25) is 0 Å². The van der Waals surface area contributed by atoms with Crippen molar-refractivity contribution < 1.29 is 22.7 Å². The summed E-state index contributed by atoms with van der Waals surface area (Å²) in [4.78, 5) is 28.6. The average Bonchev–Trinajstić information content (AvgIpc) is 2.87. The highest BCUT2D eigenvalue weighted by atomic mass is 32.2. The van der Waals surface area contributed by atoms with Gasteiger partial charge in [0.2, 0.25) is 21.8 Å². The molecule has 0 spiro atoms. The normalized spacial score (nSPS) is 12.1. The lowest BCUT2D eigenvalue weighted by Crippen LogP contribution is -2.47. The molecule has 2 amide bonds. The fourth-order valence-electron chi connectivity index (χ4n) is 3.74. The minimum Gasteiger partial charge on any atom is -0.496 e. The van der Waals surface area contributed by atoms with Gasteiger partial charge in [0.15, 0.2) is 0 Å². The molecule has 0 aromatic heterocycles. The predicted octanol–water partition coefficient (Wildman–Crippen LogP) is 2.97. The fourth-order valence-corrected chi connectivity index (χ4v) is 4.08. The number of rotatable bonds is 11. The second-order valence-corrected chi connectivity index (χ2v) is 10.5. The van der Waals surface area contributed by atoms with Crippen molar-refractivity contribution in [3.8, 4) is 5.75 Å². The van der Waals surface area contributed by atoms with Gasteiger partial charge in [0, 0.05) is 25.7 Å². The first-order chi connectivity index (χ1) is 17.2. The number of carbonyl (C=O) groups is 2. The molecule has 9 heteroatoms. The number of hydrogen-bond donors (Lipinski definition) is 1. The molecule has 1 unspecified atom stereocenters. The van der Waals surface area contributed by atoms with Crippen molar-refractivity contribution in [2.45, 2.75) is 19.1 Å². The molecular weight excluding hydrogens is 478 g/mol. The zero-order valence-electron chi connectivity index (χ0n) is 20.6. The van der Waals surface area contributed by atoms with Gasteiger partial charge >= 0.3 is 0 Å². The second-order valence-electron chi connectivity index (χ2n) is 8.37. The highest BCUT2D eigenvalue weighted by molar-refractivity contribution is 7.88. The van der Waals surface area contributed by atoms with Crippen LogP contribution in [-0.2, 0) is 32.7 Å². The van der Waals surface area contributed by atoms with E-state index in [1.807, 2.05) is 60.7 Å². The van der Waals surface area contributed by atoms with E-state index in [0.29, 0.717) is 11.3 Å². The van der Waals surface area contributed by atoms with E-state index >= 15 is 0 Å². The number of para-hydroxylation sites is 1. The largest absolute Gasteiger partial charge is 0.496 e. The van der Waals surface area contributed by atoms with Crippen LogP contribution in [0, 0.1) is 0 Å². The van der Waals surface area contributed by atoms with Crippen molar-refractivity contribution in [1.29, 1.82) is 0 Å². The molecule has 190 valence electrons. The Morgan fingerprint density at radius 2 is 1.50 bits per heavy atom. The maximum absolute atomic E-state index is 13.7. The van der Waals surface area contributed by atoms with Crippen LogP contribution >= 0.6 is 0 Å². The smallest absolute Gasteiger partial charge is 0.247 e. The Labute approximate surface area is 212 Å². The van der Waals surface area contributed by atoms with Gasteiger partial charge in [0.25, 0.3) is 0 Å². The van der Waals surface area contributed by atoms with E-state index in [1.54, 1.807) is 31.4 Å². The molecule has 3 rings (SSSR count). The van der Waals surface area contributed by atoms with Crippen LogP contribution in [0.1, 0.15) is 22.7 Å². The highest BCUT2D eigenvalue weighted by Crippen LogP contribution is 2.25. The lowest BCUT2D eigenvalue weighted by Gasteiger charge is -2.32. The van der Waals surface area contributed by atoms with Gasteiger partial charge in [-0.25, -0.2) is 8.42 Å². The van der Waals surface area contributed by atoms with Gasteiger partial charge in [-0.05, 0) is 17.2 Å². The molecular formula is C27H31N3O5S. The van der Waals surface area contributed by atoms with Crippen LogP contribution in [0.25, 0.3) is 0 Å². The molecule has 36 heavy (non-hydrogen) atoms. The van der Waals surface area contributed by atoms with Crippen LogP contribution in [0.3, 0.4) is 0 Å². The average molecular weight is 510 g/mol. The maximum Gasteiger partial charge on any atom is 0.247 e. The zero-order chi connectivity index (χ0) is 26.1. The number of carbonyl (C=O) groups excluding carboxylic acids is 2. The molecule has 1 atom stereocenters. The molecule has 1 N–H and O–H groups in total. The summed E-state index contributed by atoms with van der Waals surface area (Å²) in [6.45, 7) is -0.0729. The van der Waals surface area contributed by atoms with Gasteiger partial charge in [-0.15, -0.1) is 0 Å². The van der Waals surface area contributed by atoms with Gasteiger partial charge in [-0.3, -0.25) is 9.59 Å². The van der Waals surface area contributed by atoms with Gasteiger partial charge in [-0.1, -0.05) is 78.9 Å². The molecule has 0 saturated carbocycles. The number of nitrogens with zero attached hydrogens (tertiary/aromatic N) is 2. The number of hydrogen-bond acceptors (Lipinski definition) is 5. The van der Waals surface area contributed by atoms with Crippen molar-refractivity contribution in [1.82, 2.24) is 14.5 Å². The van der Waals surface area contributed by atoms with E-state index in [4.69, 9.17) is 4.74 Å². The highest BCUT2D eigenvalue weighted by Gasteiger charge is 2.33. The van der Waals surface area contributed by atoms with Crippen molar-refractivity contribution in [2.75, 3.05) is 27.0 Å². The Kier molecular flexibility index (Phi) is 9.21. The van der Waals surface area contributed by atoms with Crippen LogP contribution in [0.4, 0.5) is 0 Å². The monoisotopic (exact) mass is 509 g/mol. The summed E-state index contributed by atoms with van der Waals surface area (Å²) in [6, 6.07) is 24.6. The third kappa shape index (κ3) is 7.16. The molecule has 8 nitrogen and oxygen atoms in total. The molecule has 0 radical (unpaired) electrons. The number of benzene rings is 3. The molecule has 0 saturated heterocycles. The minimum absolute atomic E-state index is 0.124. The van der Waals surface area contributed by atoms with Crippen molar-refractivity contribution >= 4 is 21.8 Å². The topological polar surface area (TPSA) is 96.0 Å². The molecule has 3 aromatic carbocycles. The summed E-state index contributed by atoms with van der Waals surface area (Å²) in [5.41, 5.74) is 2.21. The third-order valence-corrected chi connectivity index (χ3v) is 7.02. The lowest BCUT2D eigenvalue weighted by atomic mass is 10.0. The van der Waals surface area contributed by atoms with Crippen molar-refractivity contribution in [3.63, 3.8) is 0 Å². The zero-order valence-corrected chi connectivity index (χ0v) is 21.4. The first-order valence-corrected chi connectivity index (χ1v) is 13.2. The molecule has 3 aromatic rings. The van der Waals surface area contributed by atoms with Crippen LogP contribution in [0.15, 0.2) is 84.9 Å². The first kappa shape index (κ1) is 26.9. The molecule has 0 aliphatic heterocycles. The predicted molar refractivity (Wildman–Crippen MR) is 138 cm³/mol. The van der Waals surface area contributed by atoms with Crippen LogP contribution in [0.5, 0.6) is 5.75 Å². The third-order valence-electron chi connectivity index (χ3n) is 5.76. The van der Waals surface area contributed by atoms with E-state index in [-0.39, 0.29) is 13.1 Å². The van der Waals surface area contributed by atoms with Gasteiger partial charge < -0.3 is 15.0 Å². The van der Waals surface area contributed by atoms with Crippen molar-refractivity contribution in [3.05, 3.63) is 102 Å². The second kappa shape index (κ2) is 12.3. The molecule has 0 fully saturated rings. The summed E-state index contributed by atoms with van der Waals surface area (Å²) in [6.07, 6.45) is 1.04. The molecule has 0 heterocycles. The van der Waals surface area contributed by atoms with Gasteiger partial charge in [0.1, 0.15) is 11.8 Å². The van der Waals surface area contributed by atoms with E-state index < -0.39 is 34.4 Å². The maximum atomic E-state index is 13.7. The minimum atomic E-state index is -3.60. The van der Waals surface area contributed by atoms with Crippen molar-refractivity contribution in [2.24, 2.45) is 0 Å². The Morgan fingerprint density at radius 1 is 0.917 bits per heavy atom. The van der Waals surface area contributed by atoms with Gasteiger partial charge in [0.05, 0.1) is 19.9 Å². The fraction of sp³-hybridized carbons (Fsp3) is 0.259. The van der Waals surface area contributed by atoms with E-state index in [2.05, 4.69) is 5.32 Å². The summed E-state index contributed by atoms with van der Waals surface area (Å²) >= 11 is 0. The Balaban J connectivity index is 1.97. The number of amides is 2. The standard InChI is InChI=1S/C27H31N3O5S/c1-29(36(3,33)34)20-25(31)30(19-21-12-6-4-7-13-21)26(22-14-8-5-9-15-22)27(32)28-18-23-16-10-11-17-24(23)35-2/h4-17,26H,18-20H2,1-3H3,(H,28,32). The number of likely N-dealkylation sites (N-methyl/N-ethyl adjacent to an activating group) is 1. The van der Waals surface area contributed by atoms with Crippen LogP contribution < -0.4 is 10.1 Å². The number of nitrogens with one attached hydrogen (secondary N) is 1. The molecule has 0 bridgehead atoms. The lowest BCUT2D eigenvalue weighted by molar-refractivity contribution is -0.141. The summed E-state index contributed by atoms with van der Waals surface area (Å²) in [7, 11) is -0.695. The number of ether oxygens (including phenoxy) is 1. The summed E-state index contributed by atoms with van der Waals surface area (Å²) in [5, 5.41) is 2.93. The molecule has 0 aliphatic carbocycles. The first-order valence-electron chi connectivity index (χ1n) is 11.4. The summed E-state index contributed by atoms with van der Waals surface area (Å²) in [5.74, 6) is -0.243. The molecule has 0 aliphatic rings. The van der Waals surface area contributed by atoms with Gasteiger partial charge in [-0.2, -0.15) is 4.31 Å².